The van der Waals surface area contributed by atoms with Crippen LogP contribution in [0, 0.1) is 11.8 Å². The van der Waals surface area contributed by atoms with Crippen LogP contribution in [0.25, 0.3) is 0 Å². The van der Waals surface area contributed by atoms with Gasteiger partial charge in [0.15, 0.2) is 11.5 Å². The molecule has 0 saturated carbocycles. The number of hydrogen-bond donors (Lipinski definition) is 1. The summed E-state index contributed by atoms with van der Waals surface area (Å²) in [4.78, 5) is 14.4. The molecule has 1 fully saturated rings. The van der Waals surface area contributed by atoms with Gasteiger partial charge in [-0.3, -0.25) is 4.79 Å². The van der Waals surface area contributed by atoms with E-state index in [0.29, 0.717) is 30.6 Å². The van der Waals surface area contributed by atoms with Crippen molar-refractivity contribution >= 4 is 5.91 Å². The zero-order valence-electron chi connectivity index (χ0n) is 16.3. The molecular formula is C22H28N2O3. The fourth-order valence-corrected chi connectivity index (χ4v) is 3.23. The summed E-state index contributed by atoms with van der Waals surface area (Å²) >= 11 is 0. The molecule has 1 unspecified atom stereocenters. The van der Waals surface area contributed by atoms with Crippen molar-refractivity contribution in [3.05, 3.63) is 59.7 Å². The monoisotopic (exact) mass is 368 g/mol. The van der Waals surface area contributed by atoms with Crippen molar-refractivity contribution in [1.82, 2.24) is 10.2 Å². The number of nitrogens with zero attached hydrogens (tertiary/aromatic N) is 1. The standard InChI is InChI=1S/C22H28N2O3/c1-16(19-12-23-13-19)22(25)24(2)14-18-9-10-20(21(11-18)26-3)27-15-17-7-5-4-6-8-17/h4-11,16,19,23H,12-15H2,1-3H3. The van der Waals surface area contributed by atoms with E-state index in [4.69, 9.17) is 9.47 Å². The average Bonchev–Trinajstić information content (AvgIpc) is 2.65. The minimum Gasteiger partial charge on any atom is -0.493 e. The molecule has 2 aromatic carbocycles. The number of carbonyl (C=O) groups is 1. The molecule has 1 saturated heterocycles. The molecule has 2 aromatic rings. The molecule has 144 valence electrons. The molecule has 1 amide bonds. The smallest absolute Gasteiger partial charge is 0.225 e. The number of methoxy groups -OCH3 is 1. The van der Waals surface area contributed by atoms with Gasteiger partial charge in [-0.25, -0.2) is 0 Å². The minimum atomic E-state index is 0.0478. The van der Waals surface area contributed by atoms with Crippen LogP contribution in [0.3, 0.4) is 0 Å². The van der Waals surface area contributed by atoms with E-state index in [-0.39, 0.29) is 11.8 Å². The van der Waals surface area contributed by atoms with Gasteiger partial charge >= 0.3 is 0 Å². The molecule has 1 aliphatic rings. The summed E-state index contributed by atoms with van der Waals surface area (Å²) in [6, 6.07) is 15.9. The van der Waals surface area contributed by atoms with E-state index < -0.39 is 0 Å². The predicted octanol–water partition coefficient (Wildman–Crippen LogP) is 3.09. The molecule has 0 spiro atoms. The molecule has 0 aliphatic carbocycles. The SMILES string of the molecule is COc1cc(CN(C)C(=O)C(C)C2CNC2)ccc1OCc1ccccc1. The van der Waals surface area contributed by atoms with Gasteiger partial charge in [-0.05, 0) is 42.3 Å². The van der Waals surface area contributed by atoms with Crippen LogP contribution in [0.5, 0.6) is 11.5 Å². The van der Waals surface area contributed by atoms with Crippen LogP contribution in [0.1, 0.15) is 18.1 Å². The largest absolute Gasteiger partial charge is 0.493 e. The van der Waals surface area contributed by atoms with Crippen molar-refractivity contribution in [3.63, 3.8) is 0 Å². The van der Waals surface area contributed by atoms with Crippen LogP contribution in [-0.4, -0.2) is 38.1 Å². The highest BCUT2D eigenvalue weighted by molar-refractivity contribution is 5.78. The zero-order valence-corrected chi connectivity index (χ0v) is 16.3. The van der Waals surface area contributed by atoms with Gasteiger partial charge in [-0.15, -0.1) is 0 Å². The normalized spacial score (nSPS) is 14.9. The van der Waals surface area contributed by atoms with E-state index >= 15 is 0 Å². The topological polar surface area (TPSA) is 50.8 Å². The van der Waals surface area contributed by atoms with Gasteiger partial charge in [0.1, 0.15) is 6.61 Å². The fraction of sp³-hybridized carbons (Fsp3) is 0.409. The third-order valence-corrected chi connectivity index (χ3v) is 5.17. The Balaban J connectivity index is 1.61. The van der Waals surface area contributed by atoms with Gasteiger partial charge in [0.25, 0.3) is 0 Å². The summed E-state index contributed by atoms with van der Waals surface area (Å²) in [5.41, 5.74) is 2.13. The van der Waals surface area contributed by atoms with Crippen molar-refractivity contribution in [2.45, 2.75) is 20.1 Å². The number of rotatable bonds is 8. The Bertz CT molecular complexity index is 759. The first-order valence-electron chi connectivity index (χ1n) is 9.38. The lowest BCUT2D eigenvalue weighted by Gasteiger charge is -2.34. The van der Waals surface area contributed by atoms with E-state index in [2.05, 4.69) is 5.32 Å². The minimum absolute atomic E-state index is 0.0478. The molecule has 1 N–H and O–H groups in total. The molecule has 27 heavy (non-hydrogen) atoms. The lowest BCUT2D eigenvalue weighted by atomic mass is 9.88. The summed E-state index contributed by atoms with van der Waals surface area (Å²) in [5.74, 6) is 2.06. The number of ether oxygens (including phenoxy) is 2. The molecule has 0 bridgehead atoms. The summed E-state index contributed by atoms with van der Waals surface area (Å²) in [6.07, 6.45) is 0. The molecule has 1 aliphatic heterocycles. The zero-order chi connectivity index (χ0) is 19.2. The Labute approximate surface area is 161 Å². The third kappa shape index (κ3) is 4.80. The van der Waals surface area contributed by atoms with Crippen molar-refractivity contribution in [3.8, 4) is 11.5 Å². The highest BCUT2D eigenvalue weighted by Gasteiger charge is 2.30. The van der Waals surface area contributed by atoms with Crippen LogP contribution in [0.2, 0.25) is 0 Å². The van der Waals surface area contributed by atoms with Crippen LogP contribution in [0.4, 0.5) is 0 Å². The first-order valence-corrected chi connectivity index (χ1v) is 9.38. The van der Waals surface area contributed by atoms with E-state index in [9.17, 15) is 4.79 Å². The van der Waals surface area contributed by atoms with E-state index in [0.717, 1.165) is 24.2 Å². The summed E-state index contributed by atoms with van der Waals surface area (Å²) in [6.45, 7) is 4.93. The van der Waals surface area contributed by atoms with Crippen LogP contribution in [-0.2, 0) is 17.9 Å². The first kappa shape index (κ1) is 19.2. The second kappa shape index (κ2) is 8.91. The molecular weight excluding hydrogens is 340 g/mol. The number of nitrogens with one attached hydrogen (secondary N) is 1. The van der Waals surface area contributed by atoms with Crippen LogP contribution < -0.4 is 14.8 Å². The van der Waals surface area contributed by atoms with Gasteiger partial charge in [0.05, 0.1) is 7.11 Å². The number of carbonyl (C=O) groups excluding carboxylic acids is 1. The maximum atomic E-state index is 12.6. The Hall–Kier alpha value is -2.53. The van der Waals surface area contributed by atoms with Crippen molar-refractivity contribution in [2.24, 2.45) is 11.8 Å². The predicted molar refractivity (Wildman–Crippen MR) is 106 cm³/mol. The lowest BCUT2D eigenvalue weighted by molar-refractivity contribution is -0.136. The number of benzene rings is 2. The van der Waals surface area contributed by atoms with E-state index in [1.807, 2.05) is 62.5 Å². The molecule has 0 radical (unpaired) electrons. The summed E-state index contributed by atoms with van der Waals surface area (Å²) < 4.78 is 11.4. The Morgan fingerprint density at radius 2 is 1.89 bits per heavy atom. The van der Waals surface area contributed by atoms with Gasteiger partial charge < -0.3 is 19.7 Å². The van der Waals surface area contributed by atoms with Crippen molar-refractivity contribution in [2.75, 3.05) is 27.2 Å². The van der Waals surface area contributed by atoms with Gasteiger partial charge in [-0.1, -0.05) is 43.3 Å². The number of amides is 1. The van der Waals surface area contributed by atoms with Crippen LogP contribution in [0.15, 0.2) is 48.5 Å². The first-order chi connectivity index (χ1) is 13.1. The van der Waals surface area contributed by atoms with Crippen molar-refractivity contribution < 1.29 is 14.3 Å². The lowest BCUT2D eigenvalue weighted by Crippen LogP contribution is -2.49. The van der Waals surface area contributed by atoms with Gasteiger partial charge in [-0.2, -0.15) is 0 Å². The Morgan fingerprint density at radius 1 is 1.15 bits per heavy atom. The molecule has 1 heterocycles. The van der Waals surface area contributed by atoms with E-state index in [1.165, 1.54) is 0 Å². The summed E-state index contributed by atoms with van der Waals surface area (Å²) in [7, 11) is 3.49. The second-order valence-electron chi connectivity index (χ2n) is 7.16. The maximum Gasteiger partial charge on any atom is 0.225 e. The highest BCUT2D eigenvalue weighted by Crippen LogP contribution is 2.29. The van der Waals surface area contributed by atoms with Gasteiger partial charge in [0, 0.05) is 19.5 Å². The van der Waals surface area contributed by atoms with Crippen LogP contribution >= 0.6 is 0 Å². The molecule has 1 atom stereocenters. The molecule has 5 nitrogen and oxygen atoms in total. The quantitative estimate of drug-likeness (QED) is 0.778. The Morgan fingerprint density at radius 3 is 2.52 bits per heavy atom. The summed E-state index contributed by atoms with van der Waals surface area (Å²) in [5, 5.41) is 3.23. The van der Waals surface area contributed by atoms with E-state index in [1.54, 1.807) is 12.0 Å². The molecule has 3 rings (SSSR count). The average molecular weight is 368 g/mol. The fourth-order valence-electron chi connectivity index (χ4n) is 3.23. The second-order valence-corrected chi connectivity index (χ2v) is 7.16. The van der Waals surface area contributed by atoms with Crippen molar-refractivity contribution in [1.29, 1.82) is 0 Å². The molecule has 0 aromatic heterocycles. The third-order valence-electron chi connectivity index (χ3n) is 5.17. The maximum absolute atomic E-state index is 12.6. The number of hydrogen-bond acceptors (Lipinski definition) is 4. The Kier molecular flexibility index (Phi) is 6.35. The molecule has 5 heteroatoms. The highest BCUT2D eigenvalue weighted by atomic mass is 16.5. The van der Waals surface area contributed by atoms with Gasteiger partial charge in [0.2, 0.25) is 5.91 Å².